The molecule has 2 rings (SSSR count). The zero-order valence-electron chi connectivity index (χ0n) is 11.3. The number of nitrogens with zero attached hydrogens (tertiary/aromatic N) is 1. The minimum Gasteiger partial charge on any atom is -0.313 e. The van der Waals surface area contributed by atoms with Gasteiger partial charge in [-0.2, -0.15) is 0 Å². The van der Waals surface area contributed by atoms with Gasteiger partial charge in [-0.05, 0) is 24.8 Å². The molecule has 1 fully saturated rings. The van der Waals surface area contributed by atoms with Gasteiger partial charge in [-0.25, -0.2) is 0 Å². The molecule has 100 valence electrons. The lowest BCUT2D eigenvalue weighted by Crippen LogP contribution is -2.46. The van der Waals surface area contributed by atoms with Gasteiger partial charge in [0.2, 0.25) is 11.8 Å². The summed E-state index contributed by atoms with van der Waals surface area (Å²) in [5.41, 5.74) is 1.19. The van der Waals surface area contributed by atoms with E-state index >= 15 is 0 Å². The van der Waals surface area contributed by atoms with Gasteiger partial charge < -0.3 is 5.32 Å². The summed E-state index contributed by atoms with van der Waals surface area (Å²) >= 11 is 0. The van der Waals surface area contributed by atoms with Gasteiger partial charge in [0.1, 0.15) is 0 Å². The molecular weight excluding hydrogens is 228 g/mol. The summed E-state index contributed by atoms with van der Waals surface area (Å²) < 4.78 is 0. The van der Waals surface area contributed by atoms with Gasteiger partial charge in [-0.3, -0.25) is 14.5 Å². The van der Waals surface area contributed by atoms with E-state index in [0.29, 0.717) is 19.4 Å². The molecule has 0 radical (unpaired) electrons. The van der Waals surface area contributed by atoms with Crippen molar-refractivity contribution in [2.24, 2.45) is 5.41 Å². The fourth-order valence-electron chi connectivity index (χ4n) is 2.61. The Morgan fingerprint density at radius 2 is 1.94 bits per heavy atom. The molecule has 0 aromatic rings. The summed E-state index contributed by atoms with van der Waals surface area (Å²) in [4.78, 5) is 25.4. The number of carbonyl (C=O) groups is 2. The zero-order chi connectivity index (χ0) is 13.2. The van der Waals surface area contributed by atoms with Gasteiger partial charge in [0.15, 0.2) is 0 Å². The van der Waals surface area contributed by atoms with Crippen LogP contribution in [0.15, 0.2) is 11.6 Å². The van der Waals surface area contributed by atoms with Crippen molar-refractivity contribution in [2.75, 3.05) is 19.6 Å². The zero-order valence-corrected chi connectivity index (χ0v) is 11.3. The molecule has 2 amide bonds. The van der Waals surface area contributed by atoms with Crippen LogP contribution in [0.4, 0.5) is 0 Å². The Morgan fingerprint density at radius 3 is 2.50 bits per heavy atom. The Morgan fingerprint density at radius 1 is 1.28 bits per heavy atom. The fraction of sp³-hybridized carbons (Fsp3) is 0.714. The van der Waals surface area contributed by atoms with E-state index in [1.54, 1.807) is 0 Å². The van der Waals surface area contributed by atoms with Gasteiger partial charge >= 0.3 is 0 Å². The number of hydrogen-bond donors (Lipinski definition) is 1. The monoisotopic (exact) mass is 250 g/mol. The van der Waals surface area contributed by atoms with Crippen LogP contribution >= 0.6 is 0 Å². The molecule has 2 heterocycles. The molecular formula is C14H22N2O2. The van der Waals surface area contributed by atoms with Crippen molar-refractivity contribution in [3.63, 3.8) is 0 Å². The summed E-state index contributed by atoms with van der Waals surface area (Å²) in [6.45, 7) is 6.43. The molecule has 0 aromatic carbocycles. The van der Waals surface area contributed by atoms with Crippen molar-refractivity contribution in [1.29, 1.82) is 0 Å². The second-order valence-electron chi connectivity index (χ2n) is 6.02. The van der Waals surface area contributed by atoms with Crippen molar-refractivity contribution in [1.82, 2.24) is 10.2 Å². The van der Waals surface area contributed by atoms with E-state index in [1.807, 2.05) is 13.8 Å². The molecule has 4 nitrogen and oxygen atoms in total. The Hall–Kier alpha value is -1.16. The van der Waals surface area contributed by atoms with E-state index in [4.69, 9.17) is 0 Å². The van der Waals surface area contributed by atoms with Gasteiger partial charge in [-0.15, -0.1) is 0 Å². The molecule has 2 aliphatic rings. The Balaban J connectivity index is 1.91. The molecule has 4 heteroatoms. The summed E-state index contributed by atoms with van der Waals surface area (Å²) in [5.74, 6) is -0.0171. The lowest BCUT2D eigenvalue weighted by molar-refractivity contribution is -0.152. The minimum absolute atomic E-state index is 0.00853. The molecule has 0 unspecified atom stereocenters. The van der Waals surface area contributed by atoms with Crippen LogP contribution in [0.1, 0.15) is 39.5 Å². The predicted octanol–water partition coefficient (Wildman–Crippen LogP) is 1.47. The number of carbonyl (C=O) groups excluding carboxylic acids is 2. The molecule has 0 aliphatic carbocycles. The van der Waals surface area contributed by atoms with Crippen molar-refractivity contribution in [3.8, 4) is 0 Å². The third-order valence-corrected chi connectivity index (χ3v) is 3.68. The number of hydrogen-bond acceptors (Lipinski definition) is 3. The smallest absolute Gasteiger partial charge is 0.229 e. The fourth-order valence-corrected chi connectivity index (χ4v) is 2.61. The minimum atomic E-state index is -0.168. The lowest BCUT2D eigenvalue weighted by Gasteiger charge is -2.35. The summed E-state index contributed by atoms with van der Waals surface area (Å²) in [5, 5.41) is 3.26. The first-order chi connectivity index (χ1) is 8.48. The number of piperidine rings is 1. The molecule has 0 atom stereocenters. The highest BCUT2D eigenvalue weighted by Crippen LogP contribution is 2.31. The van der Waals surface area contributed by atoms with E-state index in [1.165, 1.54) is 10.5 Å². The predicted molar refractivity (Wildman–Crippen MR) is 69.9 cm³/mol. The van der Waals surface area contributed by atoms with Crippen molar-refractivity contribution in [3.05, 3.63) is 11.6 Å². The highest BCUT2D eigenvalue weighted by molar-refractivity contribution is 5.98. The average molecular weight is 250 g/mol. The van der Waals surface area contributed by atoms with Crippen LogP contribution in [0.2, 0.25) is 0 Å². The van der Waals surface area contributed by atoms with Crippen LogP contribution in [0.5, 0.6) is 0 Å². The third kappa shape index (κ3) is 3.19. The molecule has 0 bridgehead atoms. The van der Waals surface area contributed by atoms with E-state index in [9.17, 15) is 9.59 Å². The van der Waals surface area contributed by atoms with Crippen molar-refractivity contribution in [2.45, 2.75) is 39.5 Å². The Labute approximate surface area is 108 Å². The van der Waals surface area contributed by atoms with Crippen molar-refractivity contribution >= 4 is 11.8 Å². The van der Waals surface area contributed by atoms with Crippen LogP contribution in [0.25, 0.3) is 0 Å². The molecule has 0 aromatic heterocycles. The van der Waals surface area contributed by atoms with E-state index < -0.39 is 0 Å². The number of amides is 2. The first-order valence-electron chi connectivity index (χ1n) is 6.70. The molecule has 1 N–H and O–H groups in total. The summed E-state index contributed by atoms with van der Waals surface area (Å²) in [6, 6.07) is 0. The number of imide groups is 1. The number of nitrogens with one attached hydrogen (secondary N) is 1. The SMILES string of the molecule is CC1(C)CC(=O)N(CCC2=CCNCC2)C(=O)C1. The first-order valence-corrected chi connectivity index (χ1v) is 6.70. The van der Waals surface area contributed by atoms with E-state index in [0.717, 1.165) is 25.9 Å². The van der Waals surface area contributed by atoms with Gasteiger partial charge in [0.05, 0.1) is 0 Å². The van der Waals surface area contributed by atoms with Gasteiger partial charge in [0, 0.05) is 25.9 Å². The normalized spacial score (nSPS) is 24.1. The molecule has 0 saturated carbocycles. The highest BCUT2D eigenvalue weighted by Gasteiger charge is 2.36. The van der Waals surface area contributed by atoms with Crippen LogP contribution in [0.3, 0.4) is 0 Å². The lowest BCUT2D eigenvalue weighted by atomic mass is 9.81. The topological polar surface area (TPSA) is 49.4 Å². The molecule has 0 spiro atoms. The van der Waals surface area contributed by atoms with Crippen LogP contribution in [0, 0.1) is 5.41 Å². The second-order valence-corrected chi connectivity index (χ2v) is 6.02. The van der Waals surface area contributed by atoms with Crippen LogP contribution in [-0.4, -0.2) is 36.3 Å². The molecule has 18 heavy (non-hydrogen) atoms. The molecule has 2 aliphatic heterocycles. The average Bonchev–Trinajstić information content (AvgIpc) is 2.27. The van der Waals surface area contributed by atoms with Crippen molar-refractivity contribution < 1.29 is 9.59 Å². The van der Waals surface area contributed by atoms with Crippen LogP contribution in [-0.2, 0) is 9.59 Å². The molecule has 1 saturated heterocycles. The summed E-state index contributed by atoms with van der Waals surface area (Å²) in [6.07, 6.45) is 5.01. The standard InChI is InChI=1S/C14H22N2O2/c1-14(2)9-12(17)16(13(18)10-14)8-5-11-3-6-15-7-4-11/h3,15H,4-10H2,1-2H3. The van der Waals surface area contributed by atoms with E-state index in [-0.39, 0.29) is 17.2 Å². The highest BCUT2D eigenvalue weighted by atomic mass is 16.2. The number of likely N-dealkylation sites (tertiary alicyclic amines) is 1. The maximum atomic E-state index is 12.0. The quantitative estimate of drug-likeness (QED) is 0.609. The maximum Gasteiger partial charge on any atom is 0.229 e. The Bertz CT molecular complexity index is 365. The third-order valence-electron chi connectivity index (χ3n) is 3.68. The van der Waals surface area contributed by atoms with Crippen LogP contribution < -0.4 is 5.32 Å². The largest absolute Gasteiger partial charge is 0.313 e. The summed E-state index contributed by atoms with van der Waals surface area (Å²) in [7, 11) is 0. The first kappa shape index (κ1) is 13.3. The van der Waals surface area contributed by atoms with E-state index in [2.05, 4.69) is 11.4 Å². The maximum absolute atomic E-state index is 12.0. The Kier molecular flexibility index (Phi) is 3.85. The second kappa shape index (κ2) is 5.22. The number of rotatable bonds is 3. The van der Waals surface area contributed by atoms with Gasteiger partial charge in [0.25, 0.3) is 0 Å². The van der Waals surface area contributed by atoms with Gasteiger partial charge in [-0.1, -0.05) is 25.5 Å².